The molecule has 0 heterocycles. The van der Waals surface area contributed by atoms with Crippen LogP contribution in [0.5, 0.6) is 5.75 Å². The molecule has 0 saturated carbocycles. The zero-order valence-electron chi connectivity index (χ0n) is 9.19. The first-order chi connectivity index (χ1) is 7.77. The van der Waals surface area contributed by atoms with Crippen LogP contribution in [-0.2, 0) is 6.42 Å². The monoisotopic (exact) mass is 283 g/mol. The molecule has 0 N–H and O–H groups in total. The zero-order valence-corrected chi connectivity index (χ0v) is 10.8. The van der Waals surface area contributed by atoms with Gasteiger partial charge in [0, 0.05) is 15.9 Å². The molecule has 16 heavy (non-hydrogen) atoms. The van der Waals surface area contributed by atoms with E-state index < -0.39 is 0 Å². The molecule has 0 atom stereocenters. The molecule has 0 bridgehead atoms. The Labute approximate surface area is 103 Å². The molecule has 0 aromatic heterocycles. The van der Waals surface area contributed by atoms with Gasteiger partial charge in [-0.05, 0) is 43.0 Å². The van der Waals surface area contributed by atoms with Crippen molar-refractivity contribution in [1.82, 2.24) is 0 Å². The van der Waals surface area contributed by atoms with Crippen molar-refractivity contribution < 1.29 is 4.74 Å². The van der Waals surface area contributed by atoms with Gasteiger partial charge in [0.05, 0.1) is 6.61 Å². The molecule has 0 unspecified atom stereocenters. The molecule has 0 aliphatic heterocycles. The molecule has 86 valence electrons. The average Bonchev–Trinajstić information content (AvgIpc) is 2.27. The molecule has 0 amide bonds. The number of nitrogens with zero attached hydrogens (tertiary/aromatic N) is 3. The van der Waals surface area contributed by atoms with Crippen LogP contribution in [0.25, 0.3) is 10.4 Å². The van der Waals surface area contributed by atoms with Gasteiger partial charge in [-0.3, -0.25) is 0 Å². The smallest absolute Gasteiger partial charge is 0.120 e. The Kier molecular flexibility index (Phi) is 5.75. The van der Waals surface area contributed by atoms with Gasteiger partial charge in [0.15, 0.2) is 0 Å². The first kappa shape index (κ1) is 12.9. The van der Waals surface area contributed by atoms with Crippen molar-refractivity contribution in [2.75, 3.05) is 13.2 Å². The molecular formula is C11H14BrN3O. The van der Waals surface area contributed by atoms with E-state index in [0.717, 1.165) is 23.1 Å². The Balaban J connectivity index is 2.56. The minimum Gasteiger partial charge on any atom is -0.494 e. The van der Waals surface area contributed by atoms with E-state index >= 15 is 0 Å². The van der Waals surface area contributed by atoms with Crippen LogP contribution in [0.4, 0.5) is 0 Å². The number of ether oxygens (including phenoxy) is 1. The summed E-state index contributed by atoms with van der Waals surface area (Å²) in [5, 5.41) is 3.50. The van der Waals surface area contributed by atoms with E-state index in [1.165, 1.54) is 5.56 Å². The van der Waals surface area contributed by atoms with E-state index in [4.69, 9.17) is 10.3 Å². The highest BCUT2D eigenvalue weighted by Gasteiger charge is 2.01. The summed E-state index contributed by atoms with van der Waals surface area (Å²) in [6.45, 7) is 3.17. The fraction of sp³-hybridized carbons (Fsp3) is 0.455. The predicted octanol–water partition coefficient (Wildman–Crippen LogP) is 4.09. The number of hydrogen-bond donors (Lipinski definition) is 0. The summed E-state index contributed by atoms with van der Waals surface area (Å²) < 4.78 is 6.43. The van der Waals surface area contributed by atoms with Gasteiger partial charge in [-0.1, -0.05) is 27.1 Å². The first-order valence-corrected chi connectivity index (χ1v) is 5.99. The second kappa shape index (κ2) is 7.14. The maximum Gasteiger partial charge on any atom is 0.120 e. The molecule has 1 aromatic rings. The maximum atomic E-state index is 8.15. The molecule has 5 heteroatoms. The van der Waals surface area contributed by atoms with Crippen LogP contribution in [0.2, 0.25) is 0 Å². The molecule has 0 radical (unpaired) electrons. The summed E-state index contributed by atoms with van der Waals surface area (Å²) in [6, 6.07) is 5.95. The number of aryl methyl sites for hydroxylation is 1. The molecular weight excluding hydrogens is 270 g/mol. The SMILES string of the molecule is CCOc1ccc(CCCN=[N+]=[N-])c(Br)c1. The van der Waals surface area contributed by atoms with E-state index in [-0.39, 0.29) is 0 Å². The largest absolute Gasteiger partial charge is 0.494 e. The maximum absolute atomic E-state index is 8.15. The predicted molar refractivity (Wildman–Crippen MR) is 67.6 cm³/mol. The molecule has 0 spiro atoms. The molecule has 1 rings (SSSR count). The Morgan fingerprint density at radius 1 is 1.50 bits per heavy atom. The van der Waals surface area contributed by atoms with Crippen molar-refractivity contribution in [3.63, 3.8) is 0 Å². The highest BCUT2D eigenvalue weighted by atomic mass is 79.9. The summed E-state index contributed by atoms with van der Waals surface area (Å²) in [6.07, 6.45) is 1.75. The van der Waals surface area contributed by atoms with Gasteiger partial charge < -0.3 is 4.74 Å². The van der Waals surface area contributed by atoms with Crippen molar-refractivity contribution in [3.05, 3.63) is 38.7 Å². The minimum atomic E-state index is 0.538. The highest BCUT2D eigenvalue weighted by molar-refractivity contribution is 9.10. The van der Waals surface area contributed by atoms with Crippen LogP contribution < -0.4 is 4.74 Å². The normalized spacial score (nSPS) is 9.62. The third-order valence-electron chi connectivity index (χ3n) is 2.10. The fourth-order valence-corrected chi connectivity index (χ4v) is 1.93. The molecule has 4 nitrogen and oxygen atoms in total. The van der Waals surface area contributed by atoms with Gasteiger partial charge in [-0.2, -0.15) is 0 Å². The van der Waals surface area contributed by atoms with Gasteiger partial charge in [0.1, 0.15) is 5.75 Å². The van der Waals surface area contributed by atoms with Gasteiger partial charge in [0.25, 0.3) is 0 Å². The van der Waals surface area contributed by atoms with Crippen LogP contribution in [0.3, 0.4) is 0 Å². The summed E-state index contributed by atoms with van der Waals surface area (Å²) in [5.41, 5.74) is 9.35. The average molecular weight is 284 g/mol. The standard InChI is InChI=1S/C11H14BrN3O/c1-2-16-10-6-5-9(11(12)8-10)4-3-7-14-15-13/h5-6,8H,2-4,7H2,1H3. The van der Waals surface area contributed by atoms with Crippen molar-refractivity contribution >= 4 is 15.9 Å². The molecule has 0 aliphatic rings. The number of hydrogen-bond acceptors (Lipinski definition) is 2. The number of halogens is 1. The van der Waals surface area contributed by atoms with Crippen LogP contribution >= 0.6 is 15.9 Å². The third kappa shape index (κ3) is 4.13. The zero-order chi connectivity index (χ0) is 11.8. The molecule has 0 saturated heterocycles. The summed E-state index contributed by atoms with van der Waals surface area (Å²) in [4.78, 5) is 2.72. The molecule has 0 aliphatic carbocycles. The lowest BCUT2D eigenvalue weighted by molar-refractivity contribution is 0.340. The number of azide groups is 1. The Bertz CT molecular complexity index is 389. The van der Waals surface area contributed by atoms with Crippen molar-refractivity contribution in [2.24, 2.45) is 5.11 Å². The topological polar surface area (TPSA) is 58.0 Å². The van der Waals surface area contributed by atoms with Gasteiger partial charge in [-0.15, -0.1) is 0 Å². The van der Waals surface area contributed by atoms with Crippen LogP contribution in [-0.4, -0.2) is 13.2 Å². The van der Waals surface area contributed by atoms with Crippen molar-refractivity contribution in [3.8, 4) is 5.75 Å². The van der Waals surface area contributed by atoms with E-state index in [1.54, 1.807) is 0 Å². The third-order valence-corrected chi connectivity index (χ3v) is 2.84. The van der Waals surface area contributed by atoms with Crippen LogP contribution in [0.15, 0.2) is 27.8 Å². The quantitative estimate of drug-likeness (QED) is 0.336. The summed E-state index contributed by atoms with van der Waals surface area (Å²) >= 11 is 3.50. The molecule has 0 fully saturated rings. The minimum absolute atomic E-state index is 0.538. The summed E-state index contributed by atoms with van der Waals surface area (Å²) in [5.74, 6) is 0.869. The van der Waals surface area contributed by atoms with Crippen LogP contribution in [0, 0.1) is 0 Å². The van der Waals surface area contributed by atoms with Crippen molar-refractivity contribution in [2.45, 2.75) is 19.8 Å². The lowest BCUT2D eigenvalue weighted by Gasteiger charge is -2.07. The number of rotatable bonds is 6. The Morgan fingerprint density at radius 2 is 2.31 bits per heavy atom. The Hall–Kier alpha value is -1.19. The second-order valence-corrected chi connectivity index (χ2v) is 4.10. The van der Waals surface area contributed by atoms with Gasteiger partial charge in [-0.25, -0.2) is 0 Å². The number of benzene rings is 1. The van der Waals surface area contributed by atoms with E-state index in [2.05, 4.69) is 26.0 Å². The fourth-order valence-electron chi connectivity index (χ4n) is 1.37. The summed E-state index contributed by atoms with van der Waals surface area (Å²) in [7, 11) is 0. The van der Waals surface area contributed by atoms with Crippen LogP contribution in [0.1, 0.15) is 18.9 Å². The lowest BCUT2D eigenvalue weighted by atomic mass is 10.1. The van der Waals surface area contributed by atoms with E-state index in [9.17, 15) is 0 Å². The Morgan fingerprint density at radius 3 is 2.94 bits per heavy atom. The molecule has 1 aromatic carbocycles. The lowest BCUT2D eigenvalue weighted by Crippen LogP contribution is -1.94. The van der Waals surface area contributed by atoms with E-state index in [1.807, 2.05) is 25.1 Å². The van der Waals surface area contributed by atoms with Gasteiger partial charge in [0.2, 0.25) is 0 Å². The van der Waals surface area contributed by atoms with Gasteiger partial charge >= 0.3 is 0 Å². The second-order valence-electron chi connectivity index (χ2n) is 3.24. The highest BCUT2D eigenvalue weighted by Crippen LogP contribution is 2.24. The first-order valence-electron chi connectivity index (χ1n) is 5.20. The van der Waals surface area contributed by atoms with E-state index in [0.29, 0.717) is 13.2 Å². The van der Waals surface area contributed by atoms with Crippen molar-refractivity contribution in [1.29, 1.82) is 0 Å².